The molecule has 39 heavy (non-hydrogen) atoms. The van der Waals surface area contributed by atoms with E-state index in [0.717, 1.165) is 0 Å². The quantitative estimate of drug-likeness (QED) is 0.353. The number of hydrogen-bond donors (Lipinski definition) is 1. The molecule has 0 saturated heterocycles. The van der Waals surface area contributed by atoms with Gasteiger partial charge in [-0.3, -0.25) is 18.5 Å². The van der Waals surface area contributed by atoms with Gasteiger partial charge in [-0.05, 0) is 55.5 Å². The summed E-state index contributed by atoms with van der Waals surface area (Å²) in [6, 6.07) is 13.0. The van der Waals surface area contributed by atoms with Crippen molar-refractivity contribution in [2.45, 2.75) is 18.7 Å². The van der Waals surface area contributed by atoms with Crippen molar-refractivity contribution in [1.29, 1.82) is 0 Å². The van der Waals surface area contributed by atoms with Crippen LogP contribution < -0.4 is 15.7 Å². The molecule has 2 aromatic carbocycles. The van der Waals surface area contributed by atoms with E-state index in [1.54, 1.807) is 58.7 Å². The van der Waals surface area contributed by atoms with Crippen LogP contribution in [0.15, 0.2) is 77.1 Å². The number of anilines is 2. The first-order valence-corrected chi connectivity index (χ1v) is 13.6. The Balaban J connectivity index is 2.10. The van der Waals surface area contributed by atoms with Crippen LogP contribution in [-0.4, -0.2) is 68.6 Å². The van der Waals surface area contributed by atoms with Gasteiger partial charge in [-0.15, -0.1) is 6.58 Å². The minimum atomic E-state index is -1.74. The number of aromatic nitrogens is 2. The van der Waals surface area contributed by atoms with Crippen molar-refractivity contribution in [2.24, 2.45) is 0 Å². The molecule has 1 heterocycles. The van der Waals surface area contributed by atoms with Gasteiger partial charge in [-0.1, -0.05) is 17.7 Å². The number of nitrogen functional groups attached to an aromatic ring is 1. The summed E-state index contributed by atoms with van der Waals surface area (Å²) < 4.78 is 16.6. The predicted octanol–water partition coefficient (Wildman–Crippen LogP) is 3.12. The molecular weight excluding hydrogens is 540 g/mol. The molecule has 3 aromatic rings. The average Bonchev–Trinajstić information content (AvgIpc) is 2.91. The minimum Gasteiger partial charge on any atom is -0.383 e. The first kappa shape index (κ1) is 29.6. The van der Waals surface area contributed by atoms with E-state index in [4.69, 9.17) is 17.3 Å². The number of carbonyl (C=O) groups excluding carboxylic acids is 2. The Labute approximate surface area is 234 Å². The largest absolute Gasteiger partial charge is 0.383 e. The van der Waals surface area contributed by atoms with Crippen LogP contribution in [0.1, 0.15) is 24.2 Å². The van der Waals surface area contributed by atoms with Crippen LogP contribution in [-0.2, 0) is 15.8 Å². The second-order valence-electron chi connectivity index (χ2n) is 8.58. The lowest BCUT2D eigenvalue weighted by Crippen LogP contribution is -2.39. The summed E-state index contributed by atoms with van der Waals surface area (Å²) >= 11 is 6.03. The lowest BCUT2D eigenvalue weighted by atomic mass is 10.1. The van der Waals surface area contributed by atoms with E-state index >= 15 is 0 Å². The van der Waals surface area contributed by atoms with Crippen LogP contribution in [0.2, 0.25) is 5.02 Å². The smallest absolute Gasteiger partial charge is 0.354 e. The van der Waals surface area contributed by atoms with Crippen LogP contribution in [0.4, 0.5) is 11.5 Å². The van der Waals surface area contributed by atoms with Crippen LogP contribution in [0.5, 0.6) is 0 Å². The molecule has 0 aliphatic rings. The maximum absolute atomic E-state index is 13.8. The van der Waals surface area contributed by atoms with Gasteiger partial charge in [0.15, 0.2) is 11.0 Å². The highest BCUT2D eigenvalue weighted by Gasteiger charge is 2.24. The molecule has 0 radical (unpaired) electrons. The van der Waals surface area contributed by atoms with Gasteiger partial charge in [0, 0.05) is 51.4 Å². The third kappa shape index (κ3) is 7.12. The summed E-state index contributed by atoms with van der Waals surface area (Å²) in [4.78, 5) is 45.4. The molecule has 2 N–H and O–H groups in total. The number of hydrogen-bond acceptors (Lipinski definition) is 6. The van der Waals surface area contributed by atoms with Crippen molar-refractivity contribution in [1.82, 2.24) is 19.4 Å². The molecule has 12 heteroatoms. The Kier molecular flexibility index (Phi) is 10.0. The molecule has 0 fully saturated rings. The maximum Gasteiger partial charge on any atom is 0.354 e. The number of carbonyl (C=O) groups is 2. The molecule has 3 rings (SSSR count). The summed E-state index contributed by atoms with van der Waals surface area (Å²) in [5.74, 6) is -0.471. The molecular formula is C27H31ClN6O4S. The Morgan fingerprint density at radius 2 is 1.85 bits per heavy atom. The van der Waals surface area contributed by atoms with Crippen LogP contribution >= 0.6 is 11.6 Å². The van der Waals surface area contributed by atoms with E-state index in [-0.39, 0.29) is 36.1 Å². The van der Waals surface area contributed by atoms with E-state index in [2.05, 4.69) is 11.6 Å². The summed E-state index contributed by atoms with van der Waals surface area (Å²) in [5, 5.41) is 0.540. The SMILES string of the molecule is C=CCN(c1ccc(Cl)cc1)S(=O)c1ccc(-n2ccc(N)nc2=O)c(C(=O)N(CC)CCN(C)C(C)=O)c1. The van der Waals surface area contributed by atoms with Gasteiger partial charge in [0.2, 0.25) is 5.91 Å². The fourth-order valence-electron chi connectivity index (χ4n) is 3.73. The molecule has 0 saturated carbocycles. The van der Waals surface area contributed by atoms with E-state index in [9.17, 15) is 18.6 Å². The molecule has 206 valence electrons. The van der Waals surface area contributed by atoms with Gasteiger partial charge in [-0.25, -0.2) is 9.00 Å². The fourth-order valence-corrected chi connectivity index (χ4v) is 5.06. The summed E-state index contributed by atoms with van der Waals surface area (Å²) in [5.41, 5.74) is 6.06. The standard InChI is InChI=1S/C27H31ClN6O4S/c1-5-14-34(21-9-7-20(28)8-10-21)39(38)22-11-12-24(33-15-13-25(29)30-27(33)37)23(18-22)26(36)32(6-2)17-16-31(4)19(3)35/h5,7-13,15,18H,1,6,14,16-17H2,2-4H3,(H2,29,30,37). The second-order valence-corrected chi connectivity index (χ2v) is 10.4. The maximum atomic E-state index is 13.8. The number of rotatable bonds is 11. The highest BCUT2D eigenvalue weighted by atomic mass is 35.5. The number of benzene rings is 2. The van der Waals surface area contributed by atoms with Crippen LogP contribution in [0.3, 0.4) is 0 Å². The number of halogens is 1. The Hall–Kier alpha value is -3.96. The van der Waals surface area contributed by atoms with Gasteiger partial charge in [0.25, 0.3) is 5.91 Å². The lowest BCUT2D eigenvalue weighted by Gasteiger charge is -2.26. The fraction of sp³-hybridized carbons (Fsp3) is 0.259. The molecule has 10 nitrogen and oxygen atoms in total. The number of likely N-dealkylation sites (N-methyl/N-ethyl adjacent to an activating group) is 2. The molecule has 0 aliphatic carbocycles. The van der Waals surface area contributed by atoms with Crippen LogP contribution in [0, 0.1) is 0 Å². The zero-order chi connectivity index (χ0) is 28.7. The van der Waals surface area contributed by atoms with E-state index in [1.807, 2.05) is 6.92 Å². The van der Waals surface area contributed by atoms with E-state index in [1.165, 1.54) is 34.7 Å². The number of nitrogens with two attached hydrogens (primary N) is 1. The summed E-state index contributed by atoms with van der Waals surface area (Å²) in [6.07, 6.45) is 3.06. The van der Waals surface area contributed by atoms with Crippen molar-refractivity contribution in [3.63, 3.8) is 0 Å². The molecule has 2 amide bonds. The summed E-state index contributed by atoms with van der Waals surface area (Å²) in [6.45, 7) is 8.23. The predicted molar refractivity (Wildman–Crippen MR) is 155 cm³/mol. The average molecular weight is 571 g/mol. The molecule has 0 spiro atoms. The first-order valence-electron chi connectivity index (χ1n) is 12.1. The van der Waals surface area contributed by atoms with Crippen LogP contribution in [0.25, 0.3) is 5.69 Å². The minimum absolute atomic E-state index is 0.0485. The Morgan fingerprint density at radius 1 is 1.15 bits per heavy atom. The molecule has 1 unspecified atom stereocenters. The topological polar surface area (TPSA) is 122 Å². The highest BCUT2D eigenvalue weighted by molar-refractivity contribution is 7.86. The molecule has 0 bridgehead atoms. The van der Waals surface area contributed by atoms with Crippen molar-refractivity contribution >= 4 is 45.9 Å². The van der Waals surface area contributed by atoms with Gasteiger partial charge >= 0.3 is 5.69 Å². The zero-order valence-electron chi connectivity index (χ0n) is 22.0. The summed E-state index contributed by atoms with van der Waals surface area (Å²) in [7, 11) is -0.0861. The second kappa shape index (κ2) is 13.2. The molecule has 1 aromatic heterocycles. The van der Waals surface area contributed by atoms with Gasteiger partial charge < -0.3 is 15.5 Å². The third-order valence-electron chi connectivity index (χ3n) is 6.01. The molecule has 1 atom stereocenters. The van der Waals surface area contributed by atoms with E-state index in [0.29, 0.717) is 28.7 Å². The van der Waals surface area contributed by atoms with Crippen molar-refractivity contribution in [2.75, 3.05) is 43.3 Å². The van der Waals surface area contributed by atoms with Gasteiger partial charge in [-0.2, -0.15) is 4.98 Å². The van der Waals surface area contributed by atoms with Crippen molar-refractivity contribution in [3.8, 4) is 5.69 Å². The lowest BCUT2D eigenvalue weighted by molar-refractivity contribution is -0.127. The van der Waals surface area contributed by atoms with E-state index < -0.39 is 22.6 Å². The van der Waals surface area contributed by atoms with Crippen molar-refractivity contribution in [3.05, 3.63) is 88.5 Å². The number of nitrogens with zero attached hydrogens (tertiary/aromatic N) is 5. The normalized spacial score (nSPS) is 11.5. The third-order valence-corrected chi connectivity index (χ3v) is 7.68. The zero-order valence-corrected chi connectivity index (χ0v) is 23.6. The first-order chi connectivity index (χ1) is 18.6. The van der Waals surface area contributed by atoms with Gasteiger partial charge in [0.1, 0.15) is 5.82 Å². The monoisotopic (exact) mass is 570 g/mol. The van der Waals surface area contributed by atoms with Gasteiger partial charge in [0.05, 0.1) is 21.8 Å². The Morgan fingerprint density at radius 3 is 2.44 bits per heavy atom. The number of amides is 2. The highest BCUT2D eigenvalue weighted by Crippen LogP contribution is 2.26. The molecule has 0 aliphatic heterocycles. The Bertz CT molecular complexity index is 1440. The van der Waals surface area contributed by atoms with Crippen molar-refractivity contribution < 1.29 is 13.8 Å².